The number of anilines is 2. The Hall–Kier alpha value is -4.82. The molecule has 7 aromatic rings. The first-order valence-electron chi connectivity index (χ1n) is 14.1. The van der Waals surface area contributed by atoms with Crippen molar-refractivity contribution in [1.29, 1.82) is 0 Å². The van der Waals surface area contributed by atoms with Gasteiger partial charge >= 0.3 is 0 Å². The molecule has 0 atom stereocenters. The van der Waals surface area contributed by atoms with Crippen molar-refractivity contribution < 1.29 is 0 Å². The Bertz CT molecular complexity index is 2040. The summed E-state index contributed by atoms with van der Waals surface area (Å²) in [5.41, 5.74) is 10.2. The average molecular weight is 515 g/mol. The Balaban J connectivity index is 1.17. The van der Waals surface area contributed by atoms with E-state index < -0.39 is 0 Å². The average Bonchev–Trinajstić information content (AvgIpc) is 3.49. The number of rotatable bonds is 3. The second-order valence-electron chi connectivity index (χ2n) is 11.6. The lowest BCUT2D eigenvalue weighted by Crippen LogP contribution is -2.24. The van der Waals surface area contributed by atoms with Crippen molar-refractivity contribution in [1.82, 2.24) is 4.57 Å². The van der Waals surface area contributed by atoms with Gasteiger partial charge in [0.15, 0.2) is 0 Å². The van der Waals surface area contributed by atoms with Crippen LogP contribution in [-0.4, -0.2) is 11.1 Å². The van der Waals surface area contributed by atoms with E-state index in [0.717, 1.165) is 6.54 Å². The van der Waals surface area contributed by atoms with E-state index in [9.17, 15) is 0 Å². The van der Waals surface area contributed by atoms with Crippen LogP contribution in [0.15, 0.2) is 133 Å². The van der Waals surface area contributed by atoms with E-state index in [2.05, 4.69) is 157 Å². The minimum atomic E-state index is 0.143. The van der Waals surface area contributed by atoms with Crippen molar-refractivity contribution in [2.45, 2.75) is 19.3 Å². The minimum Gasteiger partial charge on any atom is -0.340 e. The number of benzene rings is 6. The van der Waals surface area contributed by atoms with Crippen LogP contribution in [0, 0.1) is 0 Å². The molecule has 0 N–H and O–H groups in total. The first-order valence-corrected chi connectivity index (χ1v) is 14.1. The summed E-state index contributed by atoms with van der Waals surface area (Å²) < 4.78 is 2.40. The van der Waals surface area contributed by atoms with Gasteiger partial charge in [0.2, 0.25) is 0 Å². The van der Waals surface area contributed by atoms with Crippen molar-refractivity contribution in [3.8, 4) is 16.8 Å². The maximum absolute atomic E-state index is 2.45. The van der Waals surface area contributed by atoms with Crippen molar-refractivity contribution in [3.05, 3.63) is 139 Å². The quantitative estimate of drug-likeness (QED) is 0.228. The second kappa shape index (κ2) is 8.59. The van der Waals surface area contributed by atoms with Crippen LogP contribution in [0.4, 0.5) is 11.4 Å². The fraction of sp³-hybridized carbons (Fsp3) is 0.105. The number of para-hydroxylation sites is 2. The zero-order chi connectivity index (χ0) is 26.8. The molecule has 0 fully saturated rings. The third-order valence-electron chi connectivity index (χ3n) is 8.68. The summed E-state index contributed by atoms with van der Waals surface area (Å²) in [5.74, 6) is 0. The van der Waals surface area contributed by atoms with Crippen LogP contribution in [-0.2, 0) is 5.41 Å². The summed E-state index contributed by atoms with van der Waals surface area (Å²) >= 11 is 0. The monoisotopic (exact) mass is 514 g/mol. The lowest BCUT2D eigenvalue weighted by atomic mass is 9.87. The van der Waals surface area contributed by atoms with E-state index in [-0.39, 0.29) is 5.41 Å². The van der Waals surface area contributed by atoms with Crippen LogP contribution in [0.25, 0.3) is 49.4 Å². The lowest BCUT2D eigenvalue weighted by Gasteiger charge is -2.23. The first kappa shape index (κ1) is 23.1. The fourth-order valence-corrected chi connectivity index (χ4v) is 6.73. The number of hydrogen-bond donors (Lipinski definition) is 0. The summed E-state index contributed by atoms with van der Waals surface area (Å²) in [6.07, 6.45) is 0. The first-order chi connectivity index (χ1) is 19.6. The Kier molecular flexibility index (Phi) is 4.96. The highest BCUT2D eigenvalue weighted by molar-refractivity contribution is 6.21. The van der Waals surface area contributed by atoms with E-state index in [0.29, 0.717) is 0 Å². The largest absolute Gasteiger partial charge is 0.340 e. The van der Waals surface area contributed by atoms with Gasteiger partial charge < -0.3 is 9.47 Å². The van der Waals surface area contributed by atoms with Gasteiger partial charge in [0, 0.05) is 39.8 Å². The molecule has 0 saturated heterocycles. The van der Waals surface area contributed by atoms with Crippen LogP contribution in [0.3, 0.4) is 0 Å². The van der Waals surface area contributed by atoms with Crippen molar-refractivity contribution >= 4 is 44.0 Å². The molecule has 192 valence electrons. The molecule has 1 aliphatic heterocycles. The van der Waals surface area contributed by atoms with Crippen molar-refractivity contribution in [3.63, 3.8) is 0 Å². The van der Waals surface area contributed by atoms with E-state index in [1.807, 2.05) is 0 Å². The number of nitrogens with zero attached hydrogens (tertiary/aromatic N) is 2. The Morgan fingerprint density at radius 3 is 1.93 bits per heavy atom. The van der Waals surface area contributed by atoms with Crippen LogP contribution in [0.2, 0.25) is 0 Å². The molecule has 8 rings (SSSR count). The molecular weight excluding hydrogens is 484 g/mol. The summed E-state index contributed by atoms with van der Waals surface area (Å²) in [6, 6.07) is 48.8. The number of hydrogen-bond acceptors (Lipinski definition) is 1. The van der Waals surface area contributed by atoms with E-state index in [1.165, 1.54) is 66.3 Å². The van der Waals surface area contributed by atoms with Crippen LogP contribution in [0.1, 0.15) is 19.4 Å². The zero-order valence-corrected chi connectivity index (χ0v) is 22.8. The normalized spacial score (nSPS) is 14.3. The number of aromatic nitrogens is 1. The van der Waals surface area contributed by atoms with Gasteiger partial charge in [-0.3, -0.25) is 0 Å². The predicted molar refractivity (Wildman–Crippen MR) is 170 cm³/mol. The van der Waals surface area contributed by atoms with Gasteiger partial charge in [0.05, 0.1) is 11.0 Å². The maximum Gasteiger partial charge on any atom is 0.0547 e. The van der Waals surface area contributed by atoms with Gasteiger partial charge in [-0.25, -0.2) is 0 Å². The number of fused-ring (bicyclic) bond motifs is 6. The highest BCUT2D eigenvalue weighted by Crippen LogP contribution is 2.44. The molecular formula is C38H30N2. The van der Waals surface area contributed by atoms with Crippen molar-refractivity contribution in [2.24, 2.45) is 0 Å². The van der Waals surface area contributed by atoms with E-state index in [4.69, 9.17) is 0 Å². The molecule has 0 spiro atoms. The van der Waals surface area contributed by atoms with Gasteiger partial charge in [0.1, 0.15) is 0 Å². The van der Waals surface area contributed by atoms with Crippen LogP contribution < -0.4 is 4.90 Å². The molecule has 2 heterocycles. The molecule has 0 unspecified atom stereocenters. The lowest BCUT2D eigenvalue weighted by molar-refractivity contribution is 0.569. The minimum absolute atomic E-state index is 0.143. The van der Waals surface area contributed by atoms with Crippen molar-refractivity contribution in [2.75, 3.05) is 11.4 Å². The second-order valence-corrected chi connectivity index (χ2v) is 11.6. The molecule has 2 heteroatoms. The molecule has 0 amide bonds. The topological polar surface area (TPSA) is 8.17 Å². The molecule has 1 aromatic heterocycles. The van der Waals surface area contributed by atoms with Gasteiger partial charge in [-0.15, -0.1) is 0 Å². The fourth-order valence-electron chi connectivity index (χ4n) is 6.73. The highest BCUT2D eigenvalue weighted by atomic mass is 15.2. The maximum atomic E-state index is 2.45. The summed E-state index contributed by atoms with van der Waals surface area (Å²) in [6.45, 7) is 5.66. The van der Waals surface area contributed by atoms with Gasteiger partial charge in [0.25, 0.3) is 0 Å². The predicted octanol–water partition coefficient (Wildman–Crippen LogP) is 10.0. The molecule has 40 heavy (non-hydrogen) atoms. The Morgan fingerprint density at radius 2 is 1.15 bits per heavy atom. The van der Waals surface area contributed by atoms with E-state index >= 15 is 0 Å². The van der Waals surface area contributed by atoms with Crippen LogP contribution >= 0.6 is 0 Å². The molecule has 0 aliphatic carbocycles. The van der Waals surface area contributed by atoms with Crippen LogP contribution in [0.5, 0.6) is 0 Å². The summed E-state index contributed by atoms with van der Waals surface area (Å²) in [4.78, 5) is 2.45. The molecule has 2 nitrogen and oxygen atoms in total. The highest BCUT2D eigenvalue weighted by Gasteiger charge is 2.35. The summed E-state index contributed by atoms with van der Waals surface area (Å²) in [7, 11) is 0. The summed E-state index contributed by atoms with van der Waals surface area (Å²) in [5, 5.41) is 5.19. The molecule has 0 saturated carbocycles. The molecule has 6 aromatic carbocycles. The molecule has 1 aliphatic rings. The third-order valence-corrected chi connectivity index (χ3v) is 8.68. The SMILES string of the molecule is CC1(C)CN(c2ccc(-c3ccc(-n4c5ccccc5c5c6ccccc6ccc54)cc3)cc2)c2ccccc21. The third kappa shape index (κ3) is 3.42. The standard InChI is InChI=1S/C38H30N2/c1-38(2)25-39(35-14-8-6-12-33(35)38)29-20-15-26(16-21-29)27-17-22-30(23-18-27)40-34-13-7-5-11-32(34)37-31-10-4-3-9-28(31)19-24-36(37)40/h3-24H,25H2,1-2H3. The smallest absolute Gasteiger partial charge is 0.0547 e. The Labute approximate surface area is 234 Å². The molecule has 0 bridgehead atoms. The van der Waals surface area contributed by atoms with Gasteiger partial charge in [-0.1, -0.05) is 105 Å². The van der Waals surface area contributed by atoms with Gasteiger partial charge in [-0.2, -0.15) is 0 Å². The Morgan fingerprint density at radius 1 is 0.525 bits per heavy atom. The van der Waals surface area contributed by atoms with E-state index in [1.54, 1.807) is 0 Å². The zero-order valence-electron chi connectivity index (χ0n) is 22.8. The molecule has 0 radical (unpaired) electrons. The van der Waals surface area contributed by atoms with Gasteiger partial charge in [-0.05, 0) is 69.9 Å².